The number of anilines is 1. The van der Waals surface area contributed by atoms with Gasteiger partial charge < -0.3 is 15.3 Å². The summed E-state index contributed by atoms with van der Waals surface area (Å²) in [6, 6.07) is 6.23. The largest absolute Gasteiger partial charge is 0.391 e. The van der Waals surface area contributed by atoms with Crippen LogP contribution in [-0.2, 0) is 6.42 Å². The summed E-state index contributed by atoms with van der Waals surface area (Å²) in [4.78, 5) is 2.36. The maximum atomic E-state index is 9.91. The van der Waals surface area contributed by atoms with E-state index in [4.69, 9.17) is 11.6 Å². The van der Waals surface area contributed by atoms with E-state index in [-0.39, 0.29) is 12.1 Å². The molecule has 0 aromatic heterocycles. The number of piperidine rings is 1. The molecule has 20 heavy (non-hydrogen) atoms. The molecule has 1 aromatic rings. The van der Waals surface area contributed by atoms with Crippen LogP contribution in [0.5, 0.6) is 0 Å². The molecule has 0 amide bonds. The van der Waals surface area contributed by atoms with Crippen molar-refractivity contribution in [2.75, 3.05) is 24.5 Å². The fraction of sp³-hybridized carbons (Fsp3) is 0.500. The normalized spacial score (nSPS) is 26.2. The quantitative estimate of drug-likeness (QED) is 0.840. The molecule has 1 saturated heterocycles. The highest BCUT2D eigenvalue weighted by Gasteiger charge is 2.20. The average molecular weight is 293 g/mol. The van der Waals surface area contributed by atoms with Gasteiger partial charge in [0, 0.05) is 23.8 Å². The molecule has 3 nitrogen and oxygen atoms in total. The van der Waals surface area contributed by atoms with Gasteiger partial charge in [0.15, 0.2) is 0 Å². The summed E-state index contributed by atoms with van der Waals surface area (Å²) in [5.41, 5.74) is 2.62. The number of halogens is 1. The molecular formula is C16H21ClN2O. The molecule has 0 radical (unpaired) electrons. The Balaban J connectivity index is 1.60. The van der Waals surface area contributed by atoms with Gasteiger partial charge in [0.25, 0.3) is 0 Å². The Hall–Kier alpha value is -1.03. The van der Waals surface area contributed by atoms with Crippen LogP contribution in [0.2, 0.25) is 5.02 Å². The lowest BCUT2D eigenvalue weighted by Crippen LogP contribution is -2.43. The van der Waals surface area contributed by atoms with E-state index in [1.165, 1.54) is 11.3 Å². The lowest BCUT2D eigenvalue weighted by Gasteiger charge is -2.26. The van der Waals surface area contributed by atoms with Crippen LogP contribution in [0, 0.1) is 0 Å². The molecule has 108 valence electrons. The monoisotopic (exact) mass is 292 g/mol. The Kier molecular flexibility index (Phi) is 4.29. The molecule has 2 heterocycles. The summed E-state index contributed by atoms with van der Waals surface area (Å²) in [6.45, 7) is 2.93. The number of nitrogens with zero attached hydrogens (tertiary/aromatic N) is 1. The molecule has 1 fully saturated rings. The van der Waals surface area contributed by atoms with E-state index in [1.807, 2.05) is 6.07 Å². The van der Waals surface area contributed by atoms with E-state index >= 15 is 0 Å². The van der Waals surface area contributed by atoms with Gasteiger partial charge in [-0.2, -0.15) is 0 Å². The van der Waals surface area contributed by atoms with Gasteiger partial charge in [-0.05, 0) is 49.6 Å². The predicted octanol–water partition coefficient (Wildman–Crippen LogP) is 2.37. The minimum absolute atomic E-state index is 0.107. The first kappa shape index (κ1) is 13.9. The van der Waals surface area contributed by atoms with Gasteiger partial charge in [-0.15, -0.1) is 0 Å². The lowest BCUT2D eigenvalue weighted by molar-refractivity contribution is 0.115. The SMILES string of the molecule is O[C@H]1CCCN[C@@H]1/C=C/CN1CCc2cc(Cl)ccc21. The first-order valence-electron chi connectivity index (χ1n) is 7.35. The van der Waals surface area contributed by atoms with Gasteiger partial charge >= 0.3 is 0 Å². The zero-order chi connectivity index (χ0) is 13.9. The fourth-order valence-electron chi connectivity index (χ4n) is 3.05. The first-order chi connectivity index (χ1) is 9.74. The van der Waals surface area contributed by atoms with Gasteiger partial charge in [0.05, 0.1) is 12.1 Å². The Morgan fingerprint density at radius 1 is 1.45 bits per heavy atom. The third kappa shape index (κ3) is 3.00. The maximum absolute atomic E-state index is 9.91. The Labute approximate surface area is 125 Å². The third-order valence-corrected chi connectivity index (χ3v) is 4.41. The van der Waals surface area contributed by atoms with Crippen molar-refractivity contribution in [3.05, 3.63) is 40.9 Å². The summed E-state index contributed by atoms with van der Waals surface area (Å²) >= 11 is 6.02. The zero-order valence-corrected chi connectivity index (χ0v) is 12.3. The van der Waals surface area contributed by atoms with E-state index in [1.54, 1.807) is 0 Å². The topological polar surface area (TPSA) is 35.5 Å². The summed E-state index contributed by atoms with van der Waals surface area (Å²) < 4.78 is 0. The standard InChI is InChI=1S/C16H21ClN2O/c17-13-5-6-15-12(11-13)7-10-19(15)9-2-3-14-16(20)4-1-8-18-14/h2-3,5-6,11,14,16,18,20H,1,4,7-10H2/b3-2+/t14-,16+/m1/s1. The smallest absolute Gasteiger partial charge is 0.0729 e. The lowest BCUT2D eigenvalue weighted by atomic mass is 10.0. The summed E-state index contributed by atoms with van der Waals surface area (Å²) in [5.74, 6) is 0. The van der Waals surface area contributed by atoms with Crippen LogP contribution in [0.15, 0.2) is 30.4 Å². The van der Waals surface area contributed by atoms with E-state index in [0.29, 0.717) is 0 Å². The van der Waals surface area contributed by atoms with Crippen LogP contribution in [0.25, 0.3) is 0 Å². The van der Waals surface area contributed by atoms with Crippen LogP contribution in [0.4, 0.5) is 5.69 Å². The molecule has 2 N–H and O–H groups in total. The highest BCUT2D eigenvalue weighted by atomic mass is 35.5. The molecule has 2 aliphatic heterocycles. The third-order valence-electron chi connectivity index (χ3n) is 4.17. The molecule has 0 bridgehead atoms. The number of hydrogen-bond acceptors (Lipinski definition) is 3. The molecule has 0 unspecified atom stereocenters. The van der Waals surface area contributed by atoms with Crippen LogP contribution in [0.3, 0.4) is 0 Å². The zero-order valence-electron chi connectivity index (χ0n) is 11.6. The van der Waals surface area contributed by atoms with E-state index in [2.05, 4.69) is 34.5 Å². The minimum Gasteiger partial charge on any atom is -0.391 e. The molecular weight excluding hydrogens is 272 g/mol. The van der Waals surface area contributed by atoms with Crippen molar-refractivity contribution in [3.8, 4) is 0 Å². The molecule has 3 rings (SSSR count). The number of aliphatic hydroxyl groups excluding tert-OH is 1. The van der Waals surface area contributed by atoms with Gasteiger partial charge in [-0.3, -0.25) is 0 Å². The number of rotatable bonds is 3. The van der Waals surface area contributed by atoms with E-state index in [9.17, 15) is 5.11 Å². The predicted molar refractivity (Wildman–Crippen MR) is 83.5 cm³/mol. The van der Waals surface area contributed by atoms with Crippen molar-refractivity contribution in [1.29, 1.82) is 0 Å². The van der Waals surface area contributed by atoms with E-state index in [0.717, 1.165) is 43.9 Å². The van der Waals surface area contributed by atoms with Crippen molar-refractivity contribution >= 4 is 17.3 Å². The summed E-state index contributed by atoms with van der Waals surface area (Å²) in [7, 11) is 0. The van der Waals surface area contributed by atoms with Gasteiger partial charge in [-0.25, -0.2) is 0 Å². The summed E-state index contributed by atoms with van der Waals surface area (Å²) in [5, 5.41) is 14.1. The van der Waals surface area contributed by atoms with Crippen molar-refractivity contribution in [3.63, 3.8) is 0 Å². The molecule has 4 heteroatoms. The van der Waals surface area contributed by atoms with Crippen LogP contribution in [0.1, 0.15) is 18.4 Å². The number of benzene rings is 1. The van der Waals surface area contributed by atoms with Crippen molar-refractivity contribution < 1.29 is 5.11 Å². The van der Waals surface area contributed by atoms with Gasteiger partial charge in [0.2, 0.25) is 0 Å². The van der Waals surface area contributed by atoms with Crippen LogP contribution in [-0.4, -0.2) is 36.9 Å². The van der Waals surface area contributed by atoms with Crippen molar-refractivity contribution in [2.45, 2.75) is 31.4 Å². The molecule has 2 atom stereocenters. The second-order valence-electron chi connectivity index (χ2n) is 5.59. The molecule has 2 aliphatic rings. The second-order valence-corrected chi connectivity index (χ2v) is 6.02. The Morgan fingerprint density at radius 3 is 3.20 bits per heavy atom. The van der Waals surface area contributed by atoms with Crippen molar-refractivity contribution in [2.24, 2.45) is 0 Å². The van der Waals surface area contributed by atoms with Gasteiger partial charge in [0.1, 0.15) is 0 Å². The molecule has 1 aromatic carbocycles. The maximum Gasteiger partial charge on any atom is 0.0729 e. The number of nitrogens with one attached hydrogen (secondary N) is 1. The first-order valence-corrected chi connectivity index (χ1v) is 7.73. The molecule has 0 spiro atoms. The molecule has 0 aliphatic carbocycles. The summed E-state index contributed by atoms with van der Waals surface area (Å²) in [6.07, 6.45) is 7.05. The Bertz CT molecular complexity index is 503. The number of hydrogen-bond donors (Lipinski definition) is 2. The van der Waals surface area contributed by atoms with Crippen molar-refractivity contribution in [1.82, 2.24) is 5.32 Å². The van der Waals surface area contributed by atoms with Gasteiger partial charge in [-0.1, -0.05) is 23.8 Å². The molecule has 0 saturated carbocycles. The van der Waals surface area contributed by atoms with Crippen LogP contribution >= 0.6 is 11.6 Å². The average Bonchev–Trinajstić information content (AvgIpc) is 2.83. The highest BCUT2D eigenvalue weighted by Crippen LogP contribution is 2.30. The number of fused-ring (bicyclic) bond motifs is 1. The Morgan fingerprint density at radius 2 is 2.35 bits per heavy atom. The minimum atomic E-state index is -0.246. The van der Waals surface area contributed by atoms with E-state index < -0.39 is 0 Å². The second kappa shape index (κ2) is 6.17. The van der Waals surface area contributed by atoms with Crippen LogP contribution < -0.4 is 10.2 Å². The highest BCUT2D eigenvalue weighted by molar-refractivity contribution is 6.30. The number of aliphatic hydroxyl groups is 1. The fourth-order valence-corrected chi connectivity index (χ4v) is 3.25.